The molecule has 0 saturated heterocycles. The second-order valence-corrected chi connectivity index (χ2v) is 6.57. The first kappa shape index (κ1) is 15.5. The molecule has 1 saturated carbocycles. The molecule has 0 spiro atoms. The van der Waals surface area contributed by atoms with Crippen LogP contribution in [0.1, 0.15) is 75.8 Å². The van der Waals surface area contributed by atoms with Crippen molar-refractivity contribution in [3.05, 3.63) is 35.4 Å². The molecule has 2 rings (SSSR count). The highest BCUT2D eigenvalue weighted by molar-refractivity contribution is 5.26. The van der Waals surface area contributed by atoms with E-state index in [2.05, 4.69) is 31.2 Å². The third kappa shape index (κ3) is 4.61. The van der Waals surface area contributed by atoms with Crippen molar-refractivity contribution >= 4 is 0 Å². The van der Waals surface area contributed by atoms with Crippen molar-refractivity contribution in [1.29, 1.82) is 0 Å². The van der Waals surface area contributed by atoms with Gasteiger partial charge in [-0.1, -0.05) is 44.0 Å². The summed E-state index contributed by atoms with van der Waals surface area (Å²) in [5.41, 5.74) is 2.77. The molecule has 1 heteroatoms. The van der Waals surface area contributed by atoms with Crippen LogP contribution in [0.3, 0.4) is 0 Å². The minimum absolute atomic E-state index is 0.640. The molecule has 0 N–H and O–H groups in total. The fraction of sp³-hybridized carbons (Fsp3) is 0.684. The molecule has 1 aliphatic rings. The second-order valence-electron chi connectivity index (χ2n) is 6.57. The highest BCUT2D eigenvalue weighted by Crippen LogP contribution is 2.37. The van der Waals surface area contributed by atoms with Gasteiger partial charge in [-0.2, -0.15) is 0 Å². The second kappa shape index (κ2) is 7.81. The van der Waals surface area contributed by atoms with Crippen molar-refractivity contribution in [3.63, 3.8) is 0 Å². The van der Waals surface area contributed by atoms with Crippen LogP contribution < -0.4 is 0 Å². The predicted molar refractivity (Wildman–Crippen MR) is 84.9 cm³/mol. The van der Waals surface area contributed by atoms with Crippen molar-refractivity contribution in [1.82, 2.24) is 0 Å². The lowest BCUT2D eigenvalue weighted by Crippen LogP contribution is -2.13. The molecule has 1 atom stereocenters. The van der Waals surface area contributed by atoms with E-state index in [4.69, 9.17) is 0 Å². The molecule has 1 aromatic carbocycles. The van der Waals surface area contributed by atoms with Crippen LogP contribution in [0.2, 0.25) is 0 Å². The van der Waals surface area contributed by atoms with Crippen LogP contribution in [0, 0.1) is 5.92 Å². The van der Waals surface area contributed by atoms with Crippen LogP contribution in [0.5, 0.6) is 0 Å². The Labute approximate surface area is 123 Å². The van der Waals surface area contributed by atoms with Gasteiger partial charge in [-0.3, -0.25) is 0 Å². The summed E-state index contributed by atoms with van der Waals surface area (Å²) in [7, 11) is 0. The molecule has 0 bridgehead atoms. The van der Waals surface area contributed by atoms with Crippen molar-refractivity contribution in [2.24, 2.45) is 5.92 Å². The number of rotatable bonds is 6. The Morgan fingerprint density at radius 2 is 1.75 bits per heavy atom. The number of hydrogen-bond acceptors (Lipinski definition) is 0. The SMILES string of the molecule is CCC[C@H]1CC[C@H](c2ccc(CCC(C)F)cc2)CC1. The summed E-state index contributed by atoms with van der Waals surface area (Å²) in [5.74, 6) is 1.74. The average Bonchev–Trinajstić information content (AvgIpc) is 2.47. The van der Waals surface area contributed by atoms with E-state index in [0.717, 1.165) is 18.3 Å². The van der Waals surface area contributed by atoms with Gasteiger partial charge in [0.05, 0.1) is 6.17 Å². The van der Waals surface area contributed by atoms with Gasteiger partial charge in [0.1, 0.15) is 0 Å². The molecule has 1 aliphatic carbocycles. The Hall–Kier alpha value is -0.850. The number of alkyl halides is 1. The molecule has 20 heavy (non-hydrogen) atoms. The quantitative estimate of drug-likeness (QED) is 0.593. The largest absolute Gasteiger partial charge is 0.248 e. The lowest BCUT2D eigenvalue weighted by Gasteiger charge is -2.28. The van der Waals surface area contributed by atoms with E-state index in [1.807, 2.05) is 0 Å². The maximum absolute atomic E-state index is 12.9. The molecule has 1 aromatic rings. The summed E-state index contributed by atoms with van der Waals surface area (Å²) in [6.07, 6.45) is 9.06. The van der Waals surface area contributed by atoms with Gasteiger partial charge >= 0.3 is 0 Å². The van der Waals surface area contributed by atoms with Gasteiger partial charge < -0.3 is 0 Å². The van der Waals surface area contributed by atoms with Crippen molar-refractivity contribution < 1.29 is 4.39 Å². The fourth-order valence-electron chi connectivity index (χ4n) is 3.51. The van der Waals surface area contributed by atoms with Crippen LogP contribution in [0.15, 0.2) is 24.3 Å². The summed E-state index contributed by atoms with van der Waals surface area (Å²) in [5, 5.41) is 0. The van der Waals surface area contributed by atoms with Crippen molar-refractivity contribution in [2.45, 2.75) is 77.3 Å². The minimum Gasteiger partial charge on any atom is -0.248 e. The van der Waals surface area contributed by atoms with Gasteiger partial charge in [-0.25, -0.2) is 4.39 Å². The van der Waals surface area contributed by atoms with Crippen LogP contribution in [0.4, 0.5) is 4.39 Å². The summed E-state index contributed by atoms with van der Waals surface area (Å²) in [6, 6.07) is 8.97. The molecular weight excluding hydrogens is 247 g/mol. The number of hydrogen-bond donors (Lipinski definition) is 0. The lowest BCUT2D eigenvalue weighted by molar-refractivity contribution is 0.308. The molecule has 0 radical (unpaired) electrons. The number of benzene rings is 1. The zero-order valence-corrected chi connectivity index (χ0v) is 13.1. The zero-order chi connectivity index (χ0) is 14.4. The van der Waals surface area contributed by atoms with Crippen LogP contribution in [-0.4, -0.2) is 6.17 Å². The Morgan fingerprint density at radius 3 is 2.30 bits per heavy atom. The monoisotopic (exact) mass is 276 g/mol. The summed E-state index contributed by atoms with van der Waals surface area (Å²) in [6.45, 7) is 3.94. The smallest absolute Gasteiger partial charge is 0.0976 e. The van der Waals surface area contributed by atoms with Gasteiger partial charge in [-0.15, -0.1) is 0 Å². The fourth-order valence-corrected chi connectivity index (χ4v) is 3.51. The molecule has 0 aliphatic heterocycles. The normalized spacial score (nSPS) is 24.6. The molecule has 0 nitrogen and oxygen atoms in total. The van der Waals surface area contributed by atoms with E-state index >= 15 is 0 Å². The summed E-state index contributed by atoms with van der Waals surface area (Å²) < 4.78 is 12.9. The third-order valence-corrected chi connectivity index (χ3v) is 4.83. The number of aryl methyl sites for hydroxylation is 1. The van der Waals surface area contributed by atoms with Gasteiger partial charge in [0.2, 0.25) is 0 Å². The van der Waals surface area contributed by atoms with E-state index < -0.39 is 6.17 Å². The number of halogens is 1. The predicted octanol–water partition coefficient (Wildman–Crippen LogP) is 6.05. The average molecular weight is 276 g/mol. The van der Waals surface area contributed by atoms with E-state index in [1.54, 1.807) is 6.92 Å². The Morgan fingerprint density at radius 1 is 1.10 bits per heavy atom. The highest BCUT2D eigenvalue weighted by Gasteiger charge is 2.21. The van der Waals surface area contributed by atoms with Crippen molar-refractivity contribution in [2.75, 3.05) is 0 Å². The lowest BCUT2D eigenvalue weighted by atomic mass is 9.77. The third-order valence-electron chi connectivity index (χ3n) is 4.83. The van der Waals surface area contributed by atoms with E-state index in [1.165, 1.54) is 49.7 Å². The maximum atomic E-state index is 12.9. The van der Waals surface area contributed by atoms with Crippen molar-refractivity contribution in [3.8, 4) is 0 Å². The molecule has 0 heterocycles. The summed E-state index contributed by atoms with van der Waals surface area (Å²) in [4.78, 5) is 0. The first-order valence-corrected chi connectivity index (χ1v) is 8.42. The molecule has 112 valence electrons. The topological polar surface area (TPSA) is 0 Å². The van der Waals surface area contributed by atoms with Crippen LogP contribution >= 0.6 is 0 Å². The Balaban J connectivity index is 1.84. The van der Waals surface area contributed by atoms with Crippen LogP contribution in [-0.2, 0) is 6.42 Å². The van der Waals surface area contributed by atoms with E-state index in [9.17, 15) is 4.39 Å². The maximum Gasteiger partial charge on any atom is 0.0976 e. The van der Waals surface area contributed by atoms with Gasteiger partial charge in [0, 0.05) is 0 Å². The minimum atomic E-state index is -0.691. The van der Waals surface area contributed by atoms with Crippen LogP contribution in [0.25, 0.3) is 0 Å². The highest BCUT2D eigenvalue weighted by atomic mass is 19.1. The standard InChI is InChI=1S/C19H29F/c1-3-4-16-7-11-18(12-8-16)19-13-9-17(10-14-19)6-5-15(2)20/h9-10,13-16,18H,3-8,11-12H2,1-2H3/t15?,16-,18-. The Bertz CT molecular complexity index is 371. The molecule has 1 unspecified atom stereocenters. The van der Waals surface area contributed by atoms with Gasteiger partial charge in [0.15, 0.2) is 0 Å². The zero-order valence-electron chi connectivity index (χ0n) is 13.1. The van der Waals surface area contributed by atoms with E-state index in [0.29, 0.717) is 6.42 Å². The molecule has 0 aromatic heterocycles. The Kier molecular flexibility index (Phi) is 6.06. The molecule has 0 amide bonds. The van der Waals surface area contributed by atoms with Gasteiger partial charge in [0.25, 0.3) is 0 Å². The summed E-state index contributed by atoms with van der Waals surface area (Å²) >= 11 is 0. The molecule has 1 fully saturated rings. The molecular formula is C19H29F. The van der Waals surface area contributed by atoms with Gasteiger partial charge in [-0.05, 0) is 68.4 Å². The first-order chi connectivity index (χ1) is 9.69. The van der Waals surface area contributed by atoms with E-state index in [-0.39, 0.29) is 0 Å². The first-order valence-electron chi connectivity index (χ1n) is 8.42.